The van der Waals surface area contributed by atoms with Crippen molar-refractivity contribution in [3.05, 3.63) is 47.3 Å². The Morgan fingerprint density at radius 3 is 2.63 bits per heavy atom. The molecule has 4 nitrogen and oxygen atoms in total. The molecule has 0 aliphatic carbocycles. The van der Waals surface area contributed by atoms with Gasteiger partial charge in [0, 0.05) is 18.4 Å². The maximum atomic E-state index is 10.6. The summed E-state index contributed by atoms with van der Waals surface area (Å²) in [5.74, 6) is -0.794. The van der Waals surface area contributed by atoms with Gasteiger partial charge in [0.2, 0.25) is 0 Å². The fourth-order valence-electron chi connectivity index (χ4n) is 1.75. The van der Waals surface area contributed by atoms with Gasteiger partial charge in [-0.25, -0.2) is 4.98 Å². The van der Waals surface area contributed by atoms with Gasteiger partial charge in [0.1, 0.15) is 0 Å². The normalized spacial score (nSPS) is 10.6. The average molecular weight is 276 g/mol. The van der Waals surface area contributed by atoms with Gasteiger partial charge < -0.3 is 9.67 Å². The molecule has 0 bridgehead atoms. The number of rotatable bonds is 5. The van der Waals surface area contributed by atoms with Crippen LogP contribution in [0.2, 0.25) is 0 Å². The van der Waals surface area contributed by atoms with Crippen LogP contribution in [-0.2, 0) is 11.3 Å². The third kappa shape index (κ3) is 3.61. The standard InChI is InChI=1S/C14H16N2O2S/c1-10-3-5-12(6-4-10)8-16-11(2)7-15-14(16)19-9-13(17)18/h3-7H,8-9H2,1-2H3,(H,17,18). The van der Waals surface area contributed by atoms with E-state index >= 15 is 0 Å². The van der Waals surface area contributed by atoms with Crippen LogP contribution >= 0.6 is 11.8 Å². The average Bonchev–Trinajstić information content (AvgIpc) is 2.71. The molecule has 100 valence electrons. The number of carbonyl (C=O) groups is 1. The number of hydrogen-bond acceptors (Lipinski definition) is 3. The molecule has 0 spiro atoms. The van der Waals surface area contributed by atoms with Crippen LogP contribution in [0.15, 0.2) is 35.6 Å². The highest BCUT2D eigenvalue weighted by atomic mass is 32.2. The van der Waals surface area contributed by atoms with Crippen molar-refractivity contribution in [1.82, 2.24) is 9.55 Å². The maximum absolute atomic E-state index is 10.6. The van der Waals surface area contributed by atoms with Crippen LogP contribution in [0, 0.1) is 13.8 Å². The summed E-state index contributed by atoms with van der Waals surface area (Å²) in [5, 5.41) is 9.49. The van der Waals surface area contributed by atoms with Crippen LogP contribution in [-0.4, -0.2) is 26.4 Å². The smallest absolute Gasteiger partial charge is 0.313 e. The number of benzene rings is 1. The van der Waals surface area contributed by atoms with E-state index in [0.29, 0.717) is 6.54 Å². The second kappa shape index (κ2) is 5.93. The first-order valence-electron chi connectivity index (χ1n) is 5.98. The van der Waals surface area contributed by atoms with Crippen molar-refractivity contribution in [3.63, 3.8) is 0 Å². The summed E-state index contributed by atoms with van der Waals surface area (Å²) >= 11 is 1.25. The minimum absolute atomic E-state index is 0.0321. The molecule has 2 rings (SSSR count). The molecule has 0 amide bonds. The van der Waals surface area contributed by atoms with E-state index in [4.69, 9.17) is 5.11 Å². The molecule has 0 aliphatic heterocycles. The summed E-state index contributed by atoms with van der Waals surface area (Å²) in [6.45, 7) is 4.75. The second-order valence-electron chi connectivity index (χ2n) is 4.44. The first-order chi connectivity index (χ1) is 9.06. The maximum Gasteiger partial charge on any atom is 0.313 e. The Hall–Kier alpha value is -1.75. The molecule has 0 atom stereocenters. The predicted molar refractivity (Wildman–Crippen MR) is 75.6 cm³/mol. The number of nitrogens with zero attached hydrogens (tertiary/aromatic N) is 2. The van der Waals surface area contributed by atoms with Crippen LogP contribution in [0.3, 0.4) is 0 Å². The lowest BCUT2D eigenvalue weighted by molar-refractivity contribution is -0.133. The summed E-state index contributed by atoms with van der Waals surface area (Å²) in [6.07, 6.45) is 1.78. The number of aryl methyl sites for hydroxylation is 2. The number of thioether (sulfide) groups is 1. The van der Waals surface area contributed by atoms with Crippen molar-refractivity contribution in [2.75, 3.05) is 5.75 Å². The molecule has 1 N–H and O–H groups in total. The van der Waals surface area contributed by atoms with E-state index in [0.717, 1.165) is 10.9 Å². The summed E-state index contributed by atoms with van der Waals surface area (Å²) in [4.78, 5) is 14.9. The number of carboxylic acids is 1. The van der Waals surface area contributed by atoms with Crippen LogP contribution in [0.1, 0.15) is 16.8 Å². The molecule has 1 aromatic heterocycles. The van der Waals surface area contributed by atoms with Crippen LogP contribution in [0.25, 0.3) is 0 Å². The number of hydrogen-bond donors (Lipinski definition) is 1. The Bertz CT molecular complexity index is 576. The zero-order valence-electron chi connectivity index (χ0n) is 11.0. The molecule has 0 unspecified atom stereocenters. The Balaban J connectivity index is 2.16. The Kier molecular flexibility index (Phi) is 4.27. The van der Waals surface area contributed by atoms with Crippen LogP contribution in [0.5, 0.6) is 0 Å². The zero-order chi connectivity index (χ0) is 13.8. The minimum atomic E-state index is -0.826. The van der Waals surface area contributed by atoms with E-state index in [1.54, 1.807) is 6.20 Å². The van der Waals surface area contributed by atoms with Crippen molar-refractivity contribution in [2.45, 2.75) is 25.5 Å². The van der Waals surface area contributed by atoms with Crippen LogP contribution < -0.4 is 0 Å². The lowest BCUT2D eigenvalue weighted by Crippen LogP contribution is -2.05. The molecule has 1 aromatic carbocycles. The van der Waals surface area contributed by atoms with Gasteiger partial charge in [0.15, 0.2) is 5.16 Å². The minimum Gasteiger partial charge on any atom is -0.481 e. The predicted octanol–water partition coefficient (Wildman–Crippen LogP) is 2.72. The Labute approximate surface area is 116 Å². The molecule has 0 radical (unpaired) electrons. The molecule has 2 aromatic rings. The van der Waals surface area contributed by atoms with E-state index in [9.17, 15) is 4.79 Å². The van der Waals surface area contributed by atoms with Crippen molar-refractivity contribution >= 4 is 17.7 Å². The van der Waals surface area contributed by atoms with Gasteiger partial charge in [-0.1, -0.05) is 41.6 Å². The highest BCUT2D eigenvalue weighted by molar-refractivity contribution is 7.99. The fraction of sp³-hybridized carbons (Fsp3) is 0.286. The summed E-state index contributed by atoms with van der Waals surface area (Å²) in [5.41, 5.74) is 3.45. The first-order valence-corrected chi connectivity index (χ1v) is 6.97. The van der Waals surface area contributed by atoms with Gasteiger partial charge in [-0.05, 0) is 19.4 Å². The Morgan fingerprint density at radius 2 is 2.00 bits per heavy atom. The third-order valence-electron chi connectivity index (χ3n) is 2.80. The van der Waals surface area contributed by atoms with E-state index in [-0.39, 0.29) is 5.75 Å². The molecule has 0 saturated heterocycles. The summed E-state index contributed by atoms with van der Waals surface area (Å²) < 4.78 is 2.04. The van der Waals surface area contributed by atoms with Gasteiger partial charge in [-0.3, -0.25) is 4.79 Å². The van der Waals surface area contributed by atoms with E-state index in [2.05, 4.69) is 36.2 Å². The number of aliphatic carboxylic acids is 1. The lowest BCUT2D eigenvalue weighted by atomic mass is 10.1. The third-order valence-corrected chi connectivity index (χ3v) is 3.78. The Morgan fingerprint density at radius 1 is 1.32 bits per heavy atom. The molecule has 0 fully saturated rings. The van der Waals surface area contributed by atoms with Gasteiger partial charge in [-0.2, -0.15) is 0 Å². The highest BCUT2D eigenvalue weighted by Gasteiger charge is 2.10. The number of imidazole rings is 1. The second-order valence-corrected chi connectivity index (χ2v) is 5.38. The largest absolute Gasteiger partial charge is 0.481 e. The van der Waals surface area contributed by atoms with Gasteiger partial charge in [0.25, 0.3) is 0 Å². The first kappa shape index (κ1) is 13.7. The molecule has 5 heteroatoms. The van der Waals surface area contributed by atoms with Crippen molar-refractivity contribution in [3.8, 4) is 0 Å². The zero-order valence-corrected chi connectivity index (χ0v) is 11.8. The molecule has 0 saturated carbocycles. The topological polar surface area (TPSA) is 55.1 Å². The molecular weight excluding hydrogens is 260 g/mol. The van der Waals surface area contributed by atoms with Crippen molar-refractivity contribution < 1.29 is 9.90 Å². The highest BCUT2D eigenvalue weighted by Crippen LogP contribution is 2.19. The molecular formula is C14H16N2O2S. The van der Waals surface area contributed by atoms with E-state index in [1.165, 1.54) is 22.9 Å². The van der Waals surface area contributed by atoms with Gasteiger partial charge in [0.05, 0.1) is 5.75 Å². The van der Waals surface area contributed by atoms with Gasteiger partial charge in [-0.15, -0.1) is 0 Å². The molecule has 0 aliphatic rings. The quantitative estimate of drug-likeness (QED) is 0.853. The molecule has 1 heterocycles. The fourth-order valence-corrected chi connectivity index (χ4v) is 2.49. The van der Waals surface area contributed by atoms with Gasteiger partial charge >= 0.3 is 5.97 Å². The monoisotopic (exact) mass is 276 g/mol. The summed E-state index contributed by atoms with van der Waals surface area (Å²) in [6, 6.07) is 8.32. The summed E-state index contributed by atoms with van der Waals surface area (Å²) in [7, 11) is 0. The van der Waals surface area contributed by atoms with Crippen molar-refractivity contribution in [1.29, 1.82) is 0 Å². The number of carboxylic acid groups (broad SMARTS) is 1. The van der Waals surface area contributed by atoms with E-state index < -0.39 is 5.97 Å². The van der Waals surface area contributed by atoms with Crippen molar-refractivity contribution in [2.24, 2.45) is 0 Å². The lowest BCUT2D eigenvalue weighted by Gasteiger charge is -2.09. The molecule has 19 heavy (non-hydrogen) atoms. The number of aromatic nitrogens is 2. The van der Waals surface area contributed by atoms with Crippen LogP contribution in [0.4, 0.5) is 0 Å². The SMILES string of the molecule is Cc1ccc(Cn2c(C)cnc2SCC(=O)O)cc1. The van der Waals surface area contributed by atoms with E-state index in [1.807, 2.05) is 11.5 Å².